The Bertz CT molecular complexity index is 298. The monoisotopic (exact) mass is 237 g/mol. The van der Waals surface area contributed by atoms with Crippen molar-refractivity contribution < 1.29 is 4.79 Å². The molecule has 1 amide bonds. The Morgan fingerprint density at radius 3 is 2.53 bits per heavy atom. The van der Waals surface area contributed by atoms with Crippen molar-refractivity contribution in [3.63, 3.8) is 0 Å². The van der Waals surface area contributed by atoms with Gasteiger partial charge in [0.2, 0.25) is 5.91 Å². The van der Waals surface area contributed by atoms with Crippen LogP contribution in [0.4, 0.5) is 0 Å². The van der Waals surface area contributed by atoms with Crippen molar-refractivity contribution in [3.8, 4) is 6.07 Å². The second kappa shape index (κ2) is 6.02. The number of carbonyl (C=O) groups is 1. The average Bonchev–Trinajstić information content (AvgIpc) is 2.28. The van der Waals surface area contributed by atoms with E-state index in [1.807, 2.05) is 13.8 Å². The number of nitrogens with one attached hydrogen (secondary N) is 1. The van der Waals surface area contributed by atoms with Crippen molar-refractivity contribution in [1.82, 2.24) is 10.2 Å². The molecule has 1 aliphatic heterocycles. The molecular weight excluding hydrogens is 214 g/mol. The zero-order valence-electron chi connectivity index (χ0n) is 11.1. The topological polar surface area (TPSA) is 56.1 Å². The lowest BCUT2D eigenvalue weighted by molar-refractivity contribution is -0.119. The summed E-state index contributed by atoms with van der Waals surface area (Å²) in [4.78, 5) is 13.3. The van der Waals surface area contributed by atoms with E-state index in [4.69, 9.17) is 5.26 Å². The second-order valence-corrected chi connectivity index (χ2v) is 5.56. The molecule has 0 unspecified atom stereocenters. The molecule has 1 saturated heterocycles. The van der Waals surface area contributed by atoms with Gasteiger partial charge in [-0.15, -0.1) is 0 Å². The molecule has 4 nitrogen and oxygen atoms in total. The van der Waals surface area contributed by atoms with E-state index in [0.29, 0.717) is 6.04 Å². The molecule has 0 aliphatic carbocycles. The Labute approximate surface area is 104 Å². The second-order valence-electron chi connectivity index (χ2n) is 5.56. The fourth-order valence-electron chi connectivity index (χ4n) is 2.08. The van der Waals surface area contributed by atoms with Crippen LogP contribution in [0.25, 0.3) is 0 Å². The van der Waals surface area contributed by atoms with E-state index in [1.54, 1.807) is 6.92 Å². The van der Waals surface area contributed by atoms with Crippen molar-refractivity contribution in [2.24, 2.45) is 5.41 Å². The van der Waals surface area contributed by atoms with Gasteiger partial charge in [-0.05, 0) is 39.7 Å². The molecule has 0 aromatic carbocycles. The van der Waals surface area contributed by atoms with Crippen molar-refractivity contribution in [2.75, 3.05) is 19.6 Å². The molecule has 0 spiro atoms. The molecule has 1 N–H and O–H groups in total. The van der Waals surface area contributed by atoms with Crippen LogP contribution in [0.1, 0.15) is 40.0 Å². The van der Waals surface area contributed by atoms with E-state index in [-0.39, 0.29) is 11.3 Å². The number of amides is 1. The normalized spacial score (nSPS) is 18.7. The minimum absolute atomic E-state index is 0.0639. The standard InChI is InChI=1S/C13H23N3O/c1-11(17)15-12-4-7-16(8-5-12)9-6-13(2,3)10-14/h12H,4-9H2,1-3H3,(H,15,17). The molecule has 1 aliphatic rings. The third-order valence-corrected chi connectivity index (χ3v) is 3.35. The largest absolute Gasteiger partial charge is 0.354 e. The van der Waals surface area contributed by atoms with Gasteiger partial charge in [0.15, 0.2) is 0 Å². The van der Waals surface area contributed by atoms with Gasteiger partial charge in [-0.1, -0.05) is 0 Å². The number of carbonyl (C=O) groups excluding carboxylic acids is 1. The van der Waals surface area contributed by atoms with Crippen molar-refractivity contribution in [2.45, 2.75) is 46.1 Å². The van der Waals surface area contributed by atoms with Crippen molar-refractivity contribution >= 4 is 5.91 Å². The zero-order chi connectivity index (χ0) is 12.9. The minimum atomic E-state index is -0.228. The summed E-state index contributed by atoms with van der Waals surface area (Å²) in [5.74, 6) is 0.0639. The van der Waals surface area contributed by atoms with E-state index in [9.17, 15) is 4.79 Å². The van der Waals surface area contributed by atoms with Crippen LogP contribution >= 0.6 is 0 Å². The Hall–Kier alpha value is -1.08. The van der Waals surface area contributed by atoms with Crippen LogP contribution in [-0.2, 0) is 4.79 Å². The van der Waals surface area contributed by atoms with Gasteiger partial charge < -0.3 is 10.2 Å². The molecule has 0 saturated carbocycles. The lowest BCUT2D eigenvalue weighted by Gasteiger charge is -2.33. The SMILES string of the molecule is CC(=O)NC1CCN(CCC(C)(C)C#N)CC1. The van der Waals surface area contributed by atoms with Crippen LogP contribution in [0, 0.1) is 16.7 Å². The van der Waals surface area contributed by atoms with Gasteiger partial charge in [-0.2, -0.15) is 5.26 Å². The smallest absolute Gasteiger partial charge is 0.217 e. The lowest BCUT2D eigenvalue weighted by atomic mass is 9.91. The highest BCUT2D eigenvalue weighted by Crippen LogP contribution is 2.20. The van der Waals surface area contributed by atoms with Gasteiger partial charge in [0.1, 0.15) is 0 Å². The van der Waals surface area contributed by atoms with Crippen molar-refractivity contribution in [1.29, 1.82) is 5.26 Å². The third-order valence-electron chi connectivity index (χ3n) is 3.35. The number of piperidine rings is 1. The summed E-state index contributed by atoms with van der Waals surface area (Å²) in [6.07, 6.45) is 2.95. The number of rotatable bonds is 4. The van der Waals surface area contributed by atoms with E-state index in [0.717, 1.165) is 38.9 Å². The molecule has 1 fully saturated rings. The Morgan fingerprint density at radius 2 is 2.06 bits per heavy atom. The summed E-state index contributed by atoms with van der Waals surface area (Å²) in [5.41, 5.74) is -0.228. The first kappa shape index (κ1) is 14.0. The van der Waals surface area contributed by atoms with Gasteiger partial charge in [0.25, 0.3) is 0 Å². The third kappa shape index (κ3) is 5.18. The highest BCUT2D eigenvalue weighted by molar-refractivity contribution is 5.73. The molecule has 0 radical (unpaired) electrons. The minimum Gasteiger partial charge on any atom is -0.354 e. The van der Waals surface area contributed by atoms with E-state index < -0.39 is 0 Å². The summed E-state index contributed by atoms with van der Waals surface area (Å²) in [6, 6.07) is 2.67. The van der Waals surface area contributed by atoms with E-state index in [1.165, 1.54) is 0 Å². The van der Waals surface area contributed by atoms with Crippen molar-refractivity contribution in [3.05, 3.63) is 0 Å². The van der Waals surface area contributed by atoms with Gasteiger partial charge in [0.05, 0.1) is 11.5 Å². The summed E-state index contributed by atoms with van der Waals surface area (Å²) in [7, 11) is 0. The molecule has 96 valence electrons. The van der Waals surface area contributed by atoms with Gasteiger partial charge >= 0.3 is 0 Å². The van der Waals surface area contributed by atoms with Crippen LogP contribution in [0.5, 0.6) is 0 Å². The molecule has 0 bridgehead atoms. The average molecular weight is 237 g/mol. The van der Waals surface area contributed by atoms with Crippen LogP contribution in [0.2, 0.25) is 0 Å². The first-order chi connectivity index (χ1) is 7.93. The highest BCUT2D eigenvalue weighted by Gasteiger charge is 2.22. The molecule has 17 heavy (non-hydrogen) atoms. The maximum Gasteiger partial charge on any atom is 0.217 e. The Kier molecular flexibility index (Phi) is 4.95. The molecule has 1 heterocycles. The van der Waals surface area contributed by atoms with Crippen LogP contribution in [0.3, 0.4) is 0 Å². The molecule has 0 aromatic rings. The fourth-order valence-corrected chi connectivity index (χ4v) is 2.08. The van der Waals surface area contributed by atoms with Gasteiger partial charge in [-0.3, -0.25) is 4.79 Å². The first-order valence-corrected chi connectivity index (χ1v) is 6.34. The van der Waals surface area contributed by atoms with Gasteiger partial charge in [0, 0.05) is 26.1 Å². The predicted octanol–water partition coefficient (Wildman–Crippen LogP) is 1.53. The van der Waals surface area contributed by atoms with Crippen LogP contribution < -0.4 is 5.32 Å². The molecule has 4 heteroatoms. The quantitative estimate of drug-likeness (QED) is 0.806. The lowest BCUT2D eigenvalue weighted by Crippen LogP contribution is -2.44. The molecule has 0 aromatic heterocycles. The van der Waals surface area contributed by atoms with Crippen LogP contribution in [-0.4, -0.2) is 36.5 Å². The predicted molar refractivity (Wildman–Crippen MR) is 67.3 cm³/mol. The molecule has 0 atom stereocenters. The Morgan fingerprint density at radius 1 is 1.47 bits per heavy atom. The molecule has 1 rings (SSSR count). The number of hydrogen-bond acceptors (Lipinski definition) is 3. The summed E-state index contributed by atoms with van der Waals surface area (Å²) >= 11 is 0. The number of nitrogens with zero attached hydrogens (tertiary/aromatic N) is 2. The van der Waals surface area contributed by atoms with Gasteiger partial charge in [-0.25, -0.2) is 0 Å². The number of nitriles is 1. The number of hydrogen-bond donors (Lipinski definition) is 1. The number of likely N-dealkylation sites (tertiary alicyclic amines) is 1. The highest BCUT2D eigenvalue weighted by atomic mass is 16.1. The van der Waals surface area contributed by atoms with E-state index >= 15 is 0 Å². The maximum atomic E-state index is 10.9. The molecular formula is C13H23N3O. The summed E-state index contributed by atoms with van der Waals surface area (Å²) < 4.78 is 0. The van der Waals surface area contributed by atoms with Crippen LogP contribution in [0.15, 0.2) is 0 Å². The summed E-state index contributed by atoms with van der Waals surface area (Å²) in [5, 5.41) is 11.9. The van der Waals surface area contributed by atoms with E-state index in [2.05, 4.69) is 16.3 Å². The first-order valence-electron chi connectivity index (χ1n) is 6.34. The Balaban J connectivity index is 2.24. The fraction of sp³-hybridized carbons (Fsp3) is 0.846. The summed E-state index contributed by atoms with van der Waals surface area (Å²) in [6.45, 7) is 8.56. The zero-order valence-corrected chi connectivity index (χ0v) is 11.1. The maximum absolute atomic E-state index is 10.9.